The van der Waals surface area contributed by atoms with E-state index in [1.54, 1.807) is 0 Å². The van der Waals surface area contributed by atoms with Crippen molar-refractivity contribution in [2.45, 2.75) is 65.4 Å². The monoisotopic (exact) mass is 461 g/mol. The van der Waals surface area contributed by atoms with Crippen LogP contribution < -0.4 is 11.1 Å². The maximum absolute atomic E-state index is 11.6. The number of ether oxygens (including phenoxy) is 1. The van der Waals surface area contributed by atoms with Crippen molar-refractivity contribution in [3.63, 3.8) is 0 Å². The van der Waals surface area contributed by atoms with Gasteiger partial charge in [-0.1, -0.05) is 25.0 Å². The van der Waals surface area contributed by atoms with Crippen molar-refractivity contribution in [1.29, 1.82) is 0 Å². The number of carbonyl (C=O) groups excluding carboxylic acids is 1. The number of rotatable bonds is 8. The molecule has 0 aliphatic carbocycles. The summed E-state index contributed by atoms with van der Waals surface area (Å²) >= 11 is 0. The van der Waals surface area contributed by atoms with E-state index in [0.717, 1.165) is 31.4 Å². The van der Waals surface area contributed by atoms with Crippen molar-refractivity contribution in [2.24, 2.45) is 10.7 Å². The van der Waals surface area contributed by atoms with Gasteiger partial charge >= 0.3 is 5.97 Å². The molecule has 142 valence electrons. The second-order valence-electron chi connectivity index (χ2n) is 7.01. The molecule has 0 spiro atoms. The Hall–Kier alpha value is -1.31. The Balaban J connectivity index is 0.00000576. The van der Waals surface area contributed by atoms with Gasteiger partial charge < -0.3 is 15.8 Å². The number of guanidine groups is 1. The quantitative estimate of drug-likeness (QED) is 0.195. The third-order valence-electron chi connectivity index (χ3n) is 3.28. The molecule has 0 unspecified atom stereocenters. The lowest BCUT2D eigenvalue weighted by molar-refractivity contribution is -0.154. The second kappa shape index (κ2) is 12.1. The van der Waals surface area contributed by atoms with Crippen LogP contribution in [0.5, 0.6) is 0 Å². The highest BCUT2D eigenvalue weighted by Gasteiger charge is 2.15. The molecule has 0 saturated heterocycles. The van der Waals surface area contributed by atoms with Gasteiger partial charge in [-0.05, 0) is 58.2 Å². The third-order valence-corrected chi connectivity index (χ3v) is 3.28. The van der Waals surface area contributed by atoms with Gasteiger partial charge in [0.25, 0.3) is 0 Å². The molecule has 0 aliphatic rings. The van der Waals surface area contributed by atoms with Crippen LogP contribution in [0.4, 0.5) is 5.69 Å². The number of nitrogens with one attached hydrogen (secondary N) is 1. The van der Waals surface area contributed by atoms with E-state index in [0.29, 0.717) is 18.9 Å². The molecule has 0 amide bonds. The van der Waals surface area contributed by atoms with E-state index in [2.05, 4.69) is 10.3 Å². The lowest BCUT2D eigenvalue weighted by Crippen LogP contribution is -2.23. The van der Waals surface area contributed by atoms with E-state index in [9.17, 15) is 4.79 Å². The average molecular weight is 461 g/mol. The Morgan fingerprint density at radius 3 is 2.52 bits per heavy atom. The number of anilines is 1. The van der Waals surface area contributed by atoms with Crippen LogP contribution in [0.15, 0.2) is 29.3 Å². The van der Waals surface area contributed by atoms with Gasteiger partial charge in [-0.3, -0.25) is 9.79 Å². The number of nitrogens with zero attached hydrogens (tertiary/aromatic N) is 1. The number of carbonyl (C=O) groups is 1. The van der Waals surface area contributed by atoms with Crippen LogP contribution in [0.3, 0.4) is 0 Å². The summed E-state index contributed by atoms with van der Waals surface area (Å²) < 4.78 is 5.28. The van der Waals surface area contributed by atoms with Gasteiger partial charge in [-0.2, -0.15) is 0 Å². The molecule has 1 aromatic carbocycles. The molecule has 1 rings (SSSR count). The van der Waals surface area contributed by atoms with Crippen LogP contribution >= 0.6 is 24.0 Å². The van der Waals surface area contributed by atoms with E-state index >= 15 is 0 Å². The van der Waals surface area contributed by atoms with Gasteiger partial charge in [-0.25, -0.2) is 0 Å². The topological polar surface area (TPSA) is 76.7 Å². The third kappa shape index (κ3) is 12.7. The van der Waals surface area contributed by atoms with Gasteiger partial charge in [0.2, 0.25) is 0 Å². The lowest BCUT2D eigenvalue weighted by Gasteiger charge is -2.19. The molecular weight excluding hydrogens is 429 g/mol. The van der Waals surface area contributed by atoms with Crippen molar-refractivity contribution in [2.75, 3.05) is 11.9 Å². The van der Waals surface area contributed by atoms with Crippen molar-refractivity contribution in [1.82, 2.24) is 0 Å². The number of aryl methyl sites for hydroxylation is 1. The first kappa shape index (κ1) is 23.7. The van der Waals surface area contributed by atoms with Crippen LogP contribution in [0.1, 0.15) is 58.4 Å². The van der Waals surface area contributed by atoms with Crippen molar-refractivity contribution in [3.05, 3.63) is 29.8 Å². The number of hydrogen-bond donors (Lipinski definition) is 2. The molecule has 3 N–H and O–H groups in total. The van der Waals surface area contributed by atoms with Gasteiger partial charge in [0.05, 0.1) is 0 Å². The molecule has 1 aromatic rings. The summed E-state index contributed by atoms with van der Waals surface area (Å²) in [5, 5.41) is 3.09. The zero-order valence-electron chi connectivity index (χ0n) is 15.8. The number of aliphatic imine (C=N–C) groups is 1. The van der Waals surface area contributed by atoms with Crippen LogP contribution in [0, 0.1) is 6.92 Å². The number of benzene rings is 1. The Bertz CT molecular complexity index is 554. The van der Waals surface area contributed by atoms with Crippen molar-refractivity contribution >= 4 is 41.6 Å². The highest BCUT2D eigenvalue weighted by Crippen LogP contribution is 2.11. The minimum absolute atomic E-state index is 0. The predicted octanol–water partition coefficient (Wildman–Crippen LogP) is 4.63. The fourth-order valence-electron chi connectivity index (χ4n) is 2.24. The van der Waals surface area contributed by atoms with Crippen LogP contribution in [0.25, 0.3) is 0 Å². The molecule has 0 fully saturated rings. The van der Waals surface area contributed by atoms with Gasteiger partial charge in [-0.15, -0.1) is 24.0 Å². The molecule has 0 aromatic heterocycles. The largest absolute Gasteiger partial charge is 0.460 e. The molecule has 25 heavy (non-hydrogen) atoms. The second-order valence-corrected chi connectivity index (χ2v) is 7.01. The van der Waals surface area contributed by atoms with Crippen LogP contribution in [-0.4, -0.2) is 24.1 Å². The number of esters is 1. The van der Waals surface area contributed by atoms with E-state index in [1.165, 1.54) is 5.56 Å². The highest BCUT2D eigenvalue weighted by molar-refractivity contribution is 14.0. The average Bonchev–Trinajstić information content (AvgIpc) is 2.44. The Kier molecular flexibility index (Phi) is 11.5. The summed E-state index contributed by atoms with van der Waals surface area (Å²) in [6.07, 6.45) is 4.34. The maximum atomic E-state index is 11.6. The van der Waals surface area contributed by atoms with E-state index in [1.807, 2.05) is 52.0 Å². The molecule has 0 radical (unpaired) electrons. The number of halogens is 1. The molecular formula is C19H32IN3O2. The standard InChI is InChI=1S/C19H31N3O2.HI/c1-15-10-9-11-16(14-15)22-18(20)21-13-8-6-5-7-12-17(23)24-19(2,3)4;/h9-11,14H,5-8,12-13H2,1-4H3,(H3,20,21,22);1H. The number of unbranched alkanes of at least 4 members (excludes halogenated alkanes) is 3. The summed E-state index contributed by atoms with van der Waals surface area (Å²) in [7, 11) is 0. The fourth-order valence-corrected chi connectivity index (χ4v) is 2.24. The van der Waals surface area contributed by atoms with E-state index in [4.69, 9.17) is 10.5 Å². The minimum atomic E-state index is -0.395. The SMILES string of the molecule is Cc1cccc(NC(N)=NCCCCCCC(=O)OC(C)(C)C)c1.I. The van der Waals surface area contributed by atoms with Crippen molar-refractivity contribution < 1.29 is 9.53 Å². The predicted molar refractivity (Wildman–Crippen MR) is 116 cm³/mol. The first-order valence-electron chi connectivity index (χ1n) is 8.62. The maximum Gasteiger partial charge on any atom is 0.306 e. The molecule has 5 nitrogen and oxygen atoms in total. The van der Waals surface area contributed by atoms with Crippen molar-refractivity contribution in [3.8, 4) is 0 Å². The smallest absolute Gasteiger partial charge is 0.306 e. The summed E-state index contributed by atoms with van der Waals surface area (Å²) in [6, 6.07) is 8.01. The Morgan fingerprint density at radius 2 is 1.88 bits per heavy atom. The van der Waals surface area contributed by atoms with Crippen LogP contribution in [-0.2, 0) is 9.53 Å². The number of hydrogen-bond acceptors (Lipinski definition) is 3. The zero-order chi connectivity index (χ0) is 18.0. The summed E-state index contributed by atoms with van der Waals surface area (Å²) in [4.78, 5) is 15.9. The Morgan fingerprint density at radius 1 is 1.20 bits per heavy atom. The molecule has 6 heteroatoms. The van der Waals surface area contributed by atoms with Gasteiger partial charge in [0.1, 0.15) is 5.60 Å². The Labute approximate surface area is 168 Å². The first-order valence-corrected chi connectivity index (χ1v) is 8.62. The summed E-state index contributed by atoms with van der Waals surface area (Å²) in [6.45, 7) is 8.39. The zero-order valence-corrected chi connectivity index (χ0v) is 18.1. The normalized spacial score (nSPS) is 11.6. The summed E-state index contributed by atoms with van der Waals surface area (Å²) in [5.74, 6) is 0.321. The minimum Gasteiger partial charge on any atom is -0.460 e. The highest BCUT2D eigenvalue weighted by atomic mass is 127. The van der Waals surface area contributed by atoms with Gasteiger partial charge in [0.15, 0.2) is 5.96 Å². The lowest BCUT2D eigenvalue weighted by atomic mass is 10.1. The fraction of sp³-hybridized carbons (Fsp3) is 0.579. The molecule has 0 heterocycles. The molecule has 0 bridgehead atoms. The molecule has 0 atom stereocenters. The van der Waals surface area contributed by atoms with Crippen LogP contribution in [0.2, 0.25) is 0 Å². The summed E-state index contributed by atoms with van der Waals surface area (Å²) in [5.41, 5.74) is 7.61. The first-order chi connectivity index (χ1) is 11.3. The molecule has 0 saturated carbocycles. The van der Waals surface area contributed by atoms with E-state index < -0.39 is 5.60 Å². The van der Waals surface area contributed by atoms with E-state index in [-0.39, 0.29) is 29.9 Å². The molecule has 0 aliphatic heterocycles. The van der Waals surface area contributed by atoms with Gasteiger partial charge in [0, 0.05) is 18.7 Å². The number of nitrogens with two attached hydrogens (primary N) is 1.